The van der Waals surface area contributed by atoms with Gasteiger partial charge in [0, 0.05) is 19.5 Å². The van der Waals surface area contributed by atoms with Crippen molar-refractivity contribution in [2.75, 3.05) is 0 Å². The van der Waals surface area contributed by atoms with Crippen molar-refractivity contribution in [1.82, 2.24) is 14.0 Å². The molecule has 2 aromatic rings. The van der Waals surface area contributed by atoms with Crippen molar-refractivity contribution >= 4 is 41.0 Å². The maximum Gasteiger partial charge on any atom is 0.271 e. The van der Waals surface area contributed by atoms with Crippen LogP contribution in [0, 0.1) is 6.92 Å². The van der Waals surface area contributed by atoms with Crippen LogP contribution in [0.1, 0.15) is 12.5 Å². The number of amidine groups is 1. The van der Waals surface area contributed by atoms with Crippen LogP contribution >= 0.6 is 11.6 Å². The van der Waals surface area contributed by atoms with Crippen LogP contribution < -0.4 is 4.48 Å². The zero-order valence-corrected chi connectivity index (χ0v) is 13.3. The van der Waals surface area contributed by atoms with Gasteiger partial charge in [-0.15, -0.1) is 0 Å². The second-order valence-corrected chi connectivity index (χ2v) is 5.97. The number of para-hydroxylation sites is 1. The molecule has 0 saturated heterocycles. The van der Waals surface area contributed by atoms with E-state index in [0.29, 0.717) is 15.3 Å². The minimum atomic E-state index is 0.362. The highest BCUT2D eigenvalue weighted by Crippen LogP contribution is 2.51. The predicted molar refractivity (Wildman–Crippen MR) is 90.2 cm³/mol. The van der Waals surface area contributed by atoms with Gasteiger partial charge in [0.1, 0.15) is 11.3 Å². The van der Waals surface area contributed by atoms with Crippen LogP contribution in [-0.4, -0.2) is 21.6 Å². The van der Waals surface area contributed by atoms with E-state index in [1.807, 2.05) is 43.1 Å². The van der Waals surface area contributed by atoms with Gasteiger partial charge in [-0.05, 0) is 13.0 Å². The Morgan fingerprint density at radius 2 is 2.05 bits per heavy atom. The van der Waals surface area contributed by atoms with Crippen molar-refractivity contribution in [3.63, 3.8) is 0 Å². The first kappa shape index (κ1) is 13.4. The van der Waals surface area contributed by atoms with Crippen molar-refractivity contribution in [3.05, 3.63) is 47.0 Å². The molecule has 0 spiro atoms. The molecule has 0 N–H and O–H groups in total. The Morgan fingerprint density at radius 1 is 1.23 bits per heavy atom. The molecular formula is C16H15ClN5+. The number of imidazole rings is 1. The molecule has 0 bridgehead atoms. The van der Waals surface area contributed by atoms with Crippen molar-refractivity contribution in [2.45, 2.75) is 13.8 Å². The second-order valence-electron chi connectivity index (χ2n) is 5.57. The number of halogens is 1. The first-order chi connectivity index (χ1) is 10.6. The van der Waals surface area contributed by atoms with Gasteiger partial charge in [-0.2, -0.15) is 4.48 Å². The smallest absolute Gasteiger partial charge is 0.271 e. The highest BCUT2D eigenvalue weighted by Gasteiger charge is 2.52. The van der Waals surface area contributed by atoms with Gasteiger partial charge in [0.2, 0.25) is 11.7 Å². The molecule has 0 aliphatic carbocycles. The van der Waals surface area contributed by atoms with Gasteiger partial charge in [0.25, 0.3) is 5.82 Å². The van der Waals surface area contributed by atoms with Crippen LogP contribution in [0.3, 0.4) is 0 Å². The Kier molecular flexibility index (Phi) is 2.67. The number of quaternary nitrogens is 1. The topological polar surface area (TPSA) is 42.5 Å². The SMILES string of the molecule is CC1=NC=C2C=Nc3ncn(C)c3[N+]21c1c(C)cccc1Cl. The summed E-state index contributed by atoms with van der Waals surface area (Å²) in [5.74, 6) is 2.60. The highest BCUT2D eigenvalue weighted by atomic mass is 35.5. The minimum absolute atomic E-state index is 0.362. The number of aromatic nitrogens is 2. The summed E-state index contributed by atoms with van der Waals surface area (Å²) in [7, 11) is 1.97. The fourth-order valence-corrected chi connectivity index (χ4v) is 3.72. The lowest BCUT2D eigenvalue weighted by Crippen LogP contribution is -2.48. The van der Waals surface area contributed by atoms with Crippen molar-refractivity contribution < 1.29 is 0 Å². The third kappa shape index (κ3) is 1.44. The molecule has 1 aromatic heterocycles. The number of allylic oxidation sites excluding steroid dienone is 1. The lowest BCUT2D eigenvalue weighted by Gasteiger charge is -2.36. The Hall–Kier alpha value is -2.24. The number of hydrogen-bond acceptors (Lipinski definition) is 3. The van der Waals surface area contributed by atoms with Gasteiger partial charge < -0.3 is 0 Å². The van der Waals surface area contributed by atoms with Crippen molar-refractivity contribution in [1.29, 1.82) is 0 Å². The molecule has 5 nitrogen and oxygen atoms in total. The lowest BCUT2D eigenvalue weighted by atomic mass is 10.1. The fourth-order valence-electron chi connectivity index (χ4n) is 3.38. The van der Waals surface area contributed by atoms with E-state index in [1.54, 1.807) is 6.33 Å². The zero-order valence-electron chi connectivity index (χ0n) is 12.6. The third-order valence-corrected chi connectivity index (χ3v) is 4.61. The Balaban J connectivity index is 2.18. The minimum Gasteiger partial charge on any atom is -0.286 e. The number of fused-ring (bicyclic) bond motifs is 3. The first-order valence-corrected chi connectivity index (χ1v) is 7.41. The Morgan fingerprint density at radius 3 is 2.82 bits per heavy atom. The van der Waals surface area contributed by atoms with Gasteiger partial charge in [0.05, 0.1) is 12.4 Å². The molecule has 1 aromatic carbocycles. The number of nitrogens with zero attached hydrogens (tertiary/aromatic N) is 5. The van der Waals surface area contributed by atoms with Crippen molar-refractivity contribution in [2.24, 2.45) is 17.0 Å². The maximum atomic E-state index is 6.60. The second kappa shape index (κ2) is 4.38. The molecular weight excluding hydrogens is 298 g/mol. The Bertz CT molecular complexity index is 870. The molecule has 2 aliphatic heterocycles. The molecule has 0 amide bonds. The highest BCUT2D eigenvalue weighted by molar-refractivity contribution is 6.34. The standard InChI is InChI=1S/C16H15ClN5/c1-10-5-4-6-13(17)14(10)22-11(2)18-7-12(22)8-19-15-16(22)21(3)9-20-15/h4-9H,1-3H3/q+1. The average Bonchev–Trinajstić information content (AvgIpc) is 3.01. The van der Waals surface area contributed by atoms with Gasteiger partial charge >= 0.3 is 0 Å². The first-order valence-electron chi connectivity index (χ1n) is 7.03. The summed E-state index contributed by atoms with van der Waals surface area (Å²) >= 11 is 6.60. The molecule has 1 atom stereocenters. The van der Waals surface area contributed by atoms with E-state index in [2.05, 4.69) is 28.0 Å². The number of aliphatic imine (C=N–C) groups is 2. The number of aryl methyl sites for hydroxylation is 2. The summed E-state index contributed by atoms with van der Waals surface area (Å²) in [5, 5.41) is 0.713. The van der Waals surface area contributed by atoms with Gasteiger partial charge in [0.15, 0.2) is 11.4 Å². The van der Waals surface area contributed by atoms with Crippen LogP contribution in [0.2, 0.25) is 5.02 Å². The summed E-state index contributed by atoms with van der Waals surface area (Å²) in [4.78, 5) is 13.4. The van der Waals surface area contributed by atoms with Crippen LogP contribution in [0.25, 0.3) is 0 Å². The number of hydrogen-bond donors (Lipinski definition) is 0. The summed E-state index contributed by atoms with van der Waals surface area (Å²) in [6.07, 6.45) is 5.47. The van der Waals surface area contributed by atoms with Gasteiger partial charge in [-0.25, -0.2) is 15.0 Å². The van der Waals surface area contributed by atoms with Gasteiger partial charge in [-0.3, -0.25) is 4.57 Å². The summed E-state index contributed by atoms with van der Waals surface area (Å²) in [6.45, 7) is 4.08. The van der Waals surface area contributed by atoms with E-state index in [4.69, 9.17) is 11.6 Å². The predicted octanol–water partition coefficient (Wildman–Crippen LogP) is 4.01. The molecule has 3 heterocycles. The average molecular weight is 313 g/mol. The molecule has 0 fully saturated rings. The molecule has 0 radical (unpaired) electrons. The van der Waals surface area contributed by atoms with E-state index in [-0.39, 0.29) is 0 Å². The quantitative estimate of drug-likeness (QED) is 0.734. The lowest BCUT2D eigenvalue weighted by molar-refractivity contribution is 0.652. The van der Waals surface area contributed by atoms with Gasteiger partial charge in [-0.1, -0.05) is 23.7 Å². The molecule has 22 heavy (non-hydrogen) atoms. The third-order valence-electron chi connectivity index (χ3n) is 4.30. The van der Waals surface area contributed by atoms with Crippen molar-refractivity contribution in [3.8, 4) is 0 Å². The summed E-state index contributed by atoms with van der Waals surface area (Å²) < 4.78 is 2.35. The molecule has 4 rings (SSSR count). The van der Waals surface area contributed by atoms with E-state index in [9.17, 15) is 0 Å². The molecule has 0 saturated carbocycles. The maximum absolute atomic E-state index is 6.60. The monoisotopic (exact) mass is 312 g/mol. The number of rotatable bonds is 1. The zero-order chi connectivity index (χ0) is 15.5. The summed E-state index contributed by atoms with van der Waals surface area (Å²) in [5.41, 5.74) is 3.09. The number of benzene rings is 1. The van der Waals surface area contributed by atoms with E-state index >= 15 is 0 Å². The van der Waals surface area contributed by atoms with Crippen LogP contribution in [-0.2, 0) is 7.05 Å². The van der Waals surface area contributed by atoms with E-state index < -0.39 is 0 Å². The van der Waals surface area contributed by atoms with Crippen LogP contribution in [0.4, 0.5) is 17.3 Å². The largest absolute Gasteiger partial charge is 0.286 e. The molecule has 6 heteroatoms. The Labute approximate surface area is 133 Å². The van der Waals surface area contributed by atoms with E-state index in [1.165, 1.54) is 0 Å². The fraction of sp³-hybridized carbons (Fsp3) is 0.188. The van der Waals surface area contributed by atoms with Crippen LogP contribution in [0.5, 0.6) is 0 Å². The van der Waals surface area contributed by atoms with E-state index in [0.717, 1.165) is 28.6 Å². The molecule has 110 valence electrons. The van der Waals surface area contributed by atoms with Crippen LogP contribution in [0.15, 0.2) is 46.4 Å². The molecule has 1 unspecified atom stereocenters. The normalized spacial score (nSPS) is 22.2. The molecule has 2 aliphatic rings. The summed E-state index contributed by atoms with van der Waals surface area (Å²) in [6, 6.07) is 5.95.